The summed E-state index contributed by atoms with van der Waals surface area (Å²) in [6.45, 7) is 2.54. The van der Waals surface area contributed by atoms with Crippen LogP contribution in [0.3, 0.4) is 0 Å². The molecule has 1 rings (SSSR count). The van der Waals surface area contributed by atoms with Gasteiger partial charge in [-0.2, -0.15) is 0 Å². The van der Waals surface area contributed by atoms with E-state index in [1.54, 1.807) is 0 Å². The molecule has 1 aliphatic carbocycles. The second kappa shape index (κ2) is 4.66. The molecule has 1 aliphatic rings. The van der Waals surface area contributed by atoms with Crippen LogP contribution in [0, 0.1) is 12.3 Å². The average molecular weight is 162 g/mol. The van der Waals surface area contributed by atoms with Crippen molar-refractivity contribution in [3.63, 3.8) is 0 Å². The zero-order valence-corrected chi connectivity index (χ0v) is 7.47. The molecule has 0 bridgehead atoms. The first-order valence-corrected chi connectivity index (χ1v) is 4.32. The van der Waals surface area contributed by atoms with Crippen molar-refractivity contribution in [2.75, 3.05) is 6.61 Å². The fourth-order valence-electron chi connectivity index (χ4n) is 1.23. The average Bonchev–Trinajstić information content (AvgIpc) is 2.15. The molecule has 0 saturated carbocycles. The number of terminal acetylenes is 1. The highest BCUT2D eigenvalue weighted by Gasteiger charge is 2.03. The minimum Gasteiger partial charge on any atom is -0.485 e. The molecule has 0 N–H and O–H groups in total. The van der Waals surface area contributed by atoms with Gasteiger partial charge in [0.05, 0.1) is 5.76 Å². The molecule has 1 nitrogen and oxygen atoms in total. The van der Waals surface area contributed by atoms with Crippen LogP contribution in [0.1, 0.15) is 26.2 Å². The maximum Gasteiger partial charge on any atom is 0.148 e. The van der Waals surface area contributed by atoms with Crippen LogP contribution < -0.4 is 0 Å². The van der Waals surface area contributed by atoms with Gasteiger partial charge >= 0.3 is 0 Å². The summed E-state index contributed by atoms with van der Waals surface area (Å²) < 4.78 is 5.35. The van der Waals surface area contributed by atoms with Gasteiger partial charge in [-0.1, -0.05) is 18.9 Å². The smallest absolute Gasteiger partial charge is 0.148 e. The maximum atomic E-state index is 5.35. The molecule has 0 saturated heterocycles. The summed E-state index contributed by atoms with van der Waals surface area (Å²) >= 11 is 0. The van der Waals surface area contributed by atoms with E-state index in [1.165, 1.54) is 5.57 Å². The Bertz CT molecular complexity index is 240. The van der Waals surface area contributed by atoms with E-state index in [0.29, 0.717) is 6.61 Å². The van der Waals surface area contributed by atoms with E-state index in [9.17, 15) is 0 Å². The summed E-state index contributed by atoms with van der Waals surface area (Å²) in [5.74, 6) is 3.50. The molecule has 0 spiro atoms. The Hall–Kier alpha value is -1.16. The van der Waals surface area contributed by atoms with Crippen LogP contribution in [-0.4, -0.2) is 6.61 Å². The van der Waals surface area contributed by atoms with Gasteiger partial charge in [-0.25, -0.2) is 0 Å². The lowest BCUT2D eigenvalue weighted by Gasteiger charge is -2.12. The lowest BCUT2D eigenvalue weighted by atomic mass is 10.0. The summed E-state index contributed by atoms with van der Waals surface area (Å²) in [5, 5.41) is 0. The van der Waals surface area contributed by atoms with Crippen molar-refractivity contribution in [2.45, 2.75) is 26.2 Å². The molecular weight excluding hydrogens is 148 g/mol. The highest BCUT2D eigenvalue weighted by molar-refractivity contribution is 5.24. The van der Waals surface area contributed by atoms with E-state index >= 15 is 0 Å². The molecule has 0 radical (unpaired) electrons. The second-order valence-corrected chi connectivity index (χ2v) is 2.77. The van der Waals surface area contributed by atoms with Gasteiger partial charge in [0, 0.05) is 6.42 Å². The molecule has 0 atom stereocenters. The Morgan fingerprint density at radius 1 is 1.67 bits per heavy atom. The van der Waals surface area contributed by atoms with Crippen LogP contribution in [0.5, 0.6) is 0 Å². The fraction of sp³-hybridized carbons (Fsp3) is 0.455. The Balaban J connectivity index is 2.49. The monoisotopic (exact) mass is 162 g/mol. The zero-order valence-electron chi connectivity index (χ0n) is 7.47. The molecule has 0 aliphatic heterocycles. The van der Waals surface area contributed by atoms with E-state index in [4.69, 9.17) is 11.2 Å². The van der Waals surface area contributed by atoms with Crippen molar-refractivity contribution in [3.8, 4) is 12.3 Å². The van der Waals surface area contributed by atoms with Crippen LogP contribution in [0.4, 0.5) is 0 Å². The third-order valence-electron chi connectivity index (χ3n) is 1.89. The molecule has 0 amide bonds. The number of hydrogen-bond acceptors (Lipinski definition) is 1. The normalized spacial score (nSPS) is 16.0. The maximum absolute atomic E-state index is 5.35. The molecule has 0 aromatic rings. The van der Waals surface area contributed by atoms with Crippen LogP contribution in [0.25, 0.3) is 0 Å². The van der Waals surface area contributed by atoms with Crippen LogP contribution >= 0.6 is 0 Å². The van der Waals surface area contributed by atoms with Crippen molar-refractivity contribution >= 4 is 0 Å². The van der Waals surface area contributed by atoms with Gasteiger partial charge in [0.2, 0.25) is 0 Å². The number of rotatable bonds is 3. The van der Waals surface area contributed by atoms with Gasteiger partial charge < -0.3 is 4.74 Å². The quantitative estimate of drug-likeness (QED) is 0.580. The van der Waals surface area contributed by atoms with E-state index in [2.05, 4.69) is 25.0 Å². The molecule has 0 aromatic heterocycles. The van der Waals surface area contributed by atoms with E-state index < -0.39 is 0 Å². The largest absolute Gasteiger partial charge is 0.485 e. The second-order valence-electron chi connectivity index (χ2n) is 2.77. The Labute approximate surface area is 74.1 Å². The predicted octanol–water partition coefficient (Wildman–Crippen LogP) is 2.65. The van der Waals surface area contributed by atoms with Gasteiger partial charge in [0.15, 0.2) is 0 Å². The van der Waals surface area contributed by atoms with Crippen molar-refractivity contribution in [1.29, 1.82) is 0 Å². The highest BCUT2D eigenvalue weighted by atomic mass is 16.5. The van der Waals surface area contributed by atoms with Crippen molar-refractivity contribution < 1.29 is 4.74 Å². The Morgan fingerprint density at radius 3 is 3.17 bits per heavy atom. The van der Waals surface area contributed by atoms with Crippen molar-refractivity contribution in [2.24, 2.45) is 0 Å². The number of ether oxygens (including phenoxy) is 1. The van der Waals surface area contributed by atoms with E-state index in [1.807, 2.05) is 0 Å². The summed E-state index contributed by atoms with van der Waals surface area (Å²) in [6, 6.07) is 0. The lowest BCUT2D eigenvalue weighted by molar-refractivity contribution is 0.240. The summed E-state index contributed by atoms with van der Waals surface area (Å²) in [5.41, 5.74) is 1.35. The summed E-state index contributed by atoms with van der Waals surface area (Å²) in [4.78, 5) is 0. The van der Waals surface area contributed by atoms with Gasteiger partial charge in [0.25, 0.3) is 0 Å². The number of allylic oxidation sites excluding steroid dienone is 4. The molecule has 0 fully saturated rings. The third kappa shape index (κ3) is 2.47. The zero-order chi connectivity index (χ0) is 8.81. The van der Waals surface area contributed by atoms with Gasteiger partial charge in [-0.15, -0.1) is 6.42 Å². The fourth-order valence-corrected chi connectivity index (χ4v) is 1.23. The van der Waals surface area contributed by atoms with E-state index in [-0.39, 0.29) is 0 Å². The first kappa shape index (κ1) is 8.93. The SMILES string of the molecule is C#CCOC1=CC(CC)=CCC1. The molecule has 0 heterocycles. The molecular formula is C11H14O. The van der Waals surface area contributed by atoms with Crippen molar-refractivity contribution in [3.05, 3.63) is 23.5 Å². The first-order chi connectivity index (χ1) is 5.86. The lowest BCUT2D eigenvalue weighted by Crippen LogP contribution is -1.97. The number of hydrogen-bond donors (Lipinski definition) is 0. The minimum absolute atomic E-state index is 0.392. The van der Waals surface area contributed by atoms with Gasteiger partial charge in [-0.05, 0) is 24.5 Å². The van der Waals surface area contributed by atoms with Crippen molar-refractivity contribution in [1.82, 2.24) is 0 Å². The molecule has 0 unspecified atom stereocenters. The highest BCUT2D eigenvalue weighted by Crippen LogP contribution is 2.19. The molecule has 64 valence electrons. The van der Waals surface area contributed by atoms with E-state index in [0.717, 1.165) is 25.0 Å². The minimum atomic E-state index is 0.392. The first-order valence-electron chi connectivity index (χ1n) is 4.32. The summed E-state index contributed by atoms with van der Waals surface area (Å²) in [7, 11) is 0. The topological polar surface area (TPSA) is 9.23 Å². The Morgan fingerprint density at radius 2 is 2.50 bits per heavy atom. The Kier molecular flexibility index (Phi) is 3.47. The molecule has 0 aromatic carbocycles. The third-order valence-corrected chi connectivity index (χ3v) is 1.89. The van der Waals surface area contributed by atoms with Crippen LogP contribution in [0.15, 0.2) is 23.5 Å². The van der Waals surface area contributed by atoms with Gasteiger partial charge in [0.1, 0.15) is 6.61 Å². The van der Waals surface area contributed by atoms with Gasteiger partial charge in [-0.3, -0.25) is 0 Å². The molecule has 12 heavy (non-hydrogen) atoms. The predicted molar refractivity (Wildman–Crippen MR) is 50.5 cm³/mol. The standard InChI is InChI=1S/C11H14O/c1-3-8-12-11-7-5-6-10(4-2)9-11/h1,6,9H,4-5,7-8H2,2H3. The summed E-state index contributed by atoms with van der Waals surface area (Å²) in [6.07, 6.45) is 12.6. The molecule has 1 heteroatoms. The van der Waals surface area contributed by atoms with Crippen LogP contribution in [-0.2, 0) is 4.74 Å². The van der Waals surface area contributed by atoms with Crippen LogP contribution in [0.2, 0.25) is 0 Å².